The molecule has 166 valence electrons. The van der Waals surface area contributed by atoms with E-state index in [-0.39, 0.29) is 6.09 Å². The number of hydrogen-bond donors (Lipinski definition) is 0. The molecule has 7 heteroatoms. The summed E-state index contributed by atoms with van der Waals surface area (Å²) in [5.74, 6) is 1.17. The number of rotatable bonds is 7. The van der Waals surface area contributed by atoms with Gasteiger partial charge in [-0.1, -0.05) is 24.3 Å². The zero-order valence-electron chi connectivity index (χ0n) is 18.3. The topological polar surface area (TPSA) is 67.8 Å². The van der Waals surface area contributed by atoms with E-state index in [1.54, 1.807) is 11.1 Å². The third-order valence-electron chi connectivity index (χ3n) is 5.37. The number of nitrogens with zero attached hydrogens (tertiary/aromatic N) is 4. The molecule has 0 N–H and O–H groups in total. The Bertz CT molecular complexity index is 1000. The second kappa shape index (κ2) is 10.7. The Hall–Kier alpha value is -3.45. The molecule has 3 aromatic rings. The summed E-state index contributed by atoms with van der Waals surface area (Å²) in [7, 11) is 0. The lowest BCUT2D eigenvalue weighted by Crippen LogP contribution is -2.49. The molecule has 1 saturated heterocycles. The Balaban J connectivity index is 1.19. The number of aromatic nitrogens is 2. The van der Waals surface area contributed by atoms with Gasteiger partial charge in [0.2, 0.25) is 5.88 Å². The van der Waals surface area contributed by atoms with Gasteiger partial charge < -0.3 is 14.4 Å². The van der Waals surface area contributed by atoms with Crippen LogP contribution in [0.3, 0.4) is 0 Å². The minimum Gasteiger partial charge on any atom is -0.477 e. The van der Waals surface area contributed by atoms with Crippen molar-refractivity contribution in [2.75, 3.05) is 32.8 Å². The molecule has 0 aliphatic carbocycles. The maximum atomic E-state index is 12.5. The van der Waals surface area contributed by atoms with Crippen molar-refractivity contribution in [1.29, 1.82) is 0 Å². The maximum absolute atomic E-state index is 12.5. The van der Waals surface area contributed by atoms with E-state index in [0.29, 0.717) is 31.3 Å². The molecule has 0 radical (unpaired) electrons. The molecule has 4 rings (SSSR count). The Labute approximate surface area is 188 Å². The highest BCUT2D eigenvalue weighted by Gasteiger charge is 2.23. The van der Waals surface area contributed by atoms with Crippen LogP contribution in [0.4, 0.5) is 4.79 Å². The van der Waals surface area contributed by atoms with Crippen LogP contribution in [0.1, 0.15) is 17.0 Å². The summed E-state index contributed by atoms with van der Waals surface area (Å²) in [6, 6.07) is 19.2. The zero-order valence-corrected chi connectivity index (χ0v) is 18.3. The number of carbonyl (C=O) groups is 1. The predicted octanol–water partition coefficient (Wildman–Crippen LogP) is 3.72. The van der Waals surface area contributed by atoms with E-state index < -0.39 is 0 Å². The second-order valence-corrected chi connectivity index (χ2v) is 7.81. The maximum Gasteiger partial charge on any atom is 0.415 e. The molecule has 1 aliphatic rings. The number of ether oxygens (including phenoxy) is 2. The van der Waals surface area contributed by atoms with Gasteiger partial charge >= 0.3 is 6.09 Å². The van der Waals surface area contributed by atoms with Crippen molar-refractivity contribution in [3.05, 3.63) is 83.8 Å². The molecule has 0 unspecified atom stereocenters. The van der Waals surface area contributed by atoms with Gasteiger partial charge in [0.25, 0.3) is 0 Å². The third kappa shape index (κ3) is 6.28. The number of pyridine rings is 2. The summed E-state index contributed by atoms with van der Waals surface area (Å²) >= 11 is 0. The van der Waals surface area contributed by atoms with Crippen molar-refractivity contribution >= 4 is 6.09 Å². The molecule has 0 saturated carbocycles. The molecule has 0 atom stereocenters. The SMILES string of the molecule is Cc1cccc(CN2CCN(C(=O)Oc3ccc(CCOc4ccccn4)cc3)CC2)n1. The van der Waals surface area contributed by atoms with Crippen molar-refractivity contribution < 1.29 is 14.3 Å². The average Bonchev–Trinajstić information content (AvgIpc) is 2.81. The van der Waals surface area contributed by atoms with E-state index in [1.165, 1.54) is 0 Å². The first-order valence-corrected chi connectivity index (χ1v) is 10.9. The highest BCUT2D eigenvalue weighted by Crippen LogP contribution is 2.16. The average molecular weight is 433 g/mol. The summed E-state index contributed by atoms with van der Waals surface area (Å²) in [6.45, 7) is 6.25. The smallest absolute Gasteiger partial charge is 0.415 e. The van der Waals surface area contributed by atoms with Gasteiger partial charge in [-0.25, -0.2) is 9.78 Å². The zero-order chi connectivity index (χ0) is 22.2. The molecule has 1 amide bonds. The van der Waals surface area contributed by atoms with Crippen molar-refractivity contribution in [3.63, 3.8) is 0 Å². The van der Waals surface area contributed by atoms with Crippen molar-refractivity contribution in [2.45, 2.75) is 19.9 Å². The summed E-state index contributed by atoms with van der Waals surface area (Å²) in [4.78, 5) is 25.3. The van der Waals surface area contributed by atoms with Gasteiger partial charge in [-0.3, -0.25) is 9.88 Å². The first-order chi connectivity index (χ1) is 15.7. The highest BCUT2D eigenvalue weighted by molar-refractivity contribution is 5.70. The first kappa shape index (κ1) is 21.8. The van der Waals surface area contributed by atoms with Gasteiger partial charge in [-0.2, -0.15) is 0 Å². The van der Waals surface area contributed by atoms with Gasteiger partial charge in [-0.15, -0.1) is 0 Å². The number of piperazine rings is 1. The van der Waals surface area contributed by atoms with E-state index in [4.69, 9.17) is 9.47 Å². The van der Waals surface area contributed by atoms with Crippen LogP contribution >= 0.6 is 0 Å². The van der Waals surface area contributed by atoms with Crippen LogP contribution in [0.25, 0.3) is 0 Å². The summed E-state index contributed by atoms with van der Waals surface area (Å²) in [5, 5.41) is 0. The monoisotopic (exact) mass is 432 g/mol. The number of carbonyl (C=O) groups excluding carboxylic acids is 1. The van der Waals surface area contributed by atoms with Crippen LogP contribution in [0.2, 0.25) is 0 Å². The lowest BCUT2D eigenvalue weighted by atomic mass is 10.1. The van der Waals surface area contributed by atoms with Crippen LogP contribution in [0.5, 0.6) is 11.6 Å². The number of benzene rings is 1. The van der Waals surface area contributed by atoms with Gasteiger partial charge in [-0.05, 0) is 42.8 Å². The first-order valence-electron chi connectivity index (χ1n) is 10.9. The van der Waals surface area contributed by atoms with Crippen LogP contribution in [0.15, 0.2) is 66.9 Å². The van der Waals surface area contributed by atoms with Crippen LogP contribution in [-0.4, -0.2) is 58.6 Å². The quantitative estimate of drug-likeness (QED) is 0.567. The fourth-order valence-corrected chi connectivity index (χ4v) is 3.60. The number of aryl methyl sites for hydroxylation is 1. The lowest BCUT2D eigenvalue weighted by Gasteiger charge is -2.33. The molecule has 3 heterocycles. The molecule has 0 spiro atoms. The van der Waals surface area contributed by atoms with Crippen LogP contribution in [-0.2, 0) is 13.0 Å². The molecule has 1 aromatic carbocycles. The van der Waals surface area contributed by atoms with Crippen molar-refractivity contribution in [3.8, 4) is 11.6 Å². The Morgan fingerprint density at radius 3 is 2.50 bits per heavy atom. The van der Waals surface area contributed by atoms with Crippen molar-refractivity contribution in [1.82, 2.24) is 19.8 Å². The van der Waals surface area contributed by atoms with E-state index in [0.717, 1.165) is 43.0 Å². The van der Waals surface area contributed by atoms with Crippen molar-refractivity contribution in [2.24, 2.45) is 0 Å². The molecule has 1 fully saturated rings. The standard InChI is InChI=1S/C25H28N4O3/c1-20-5-4-6-22(27-20)19-28-14-16-29(17-15-28)25(30)32-23-10-8-21(9-11-23)12-18-31-24-7-2-3-13-26-24/h2-11,13H,12,14-19H2,1H3. The minimum absolute atomic E-state index is 0.301. The summed E-state index contributed by atoms with van der Waals surface area (Å²) in [6.07, 6.45) is 2.16. The fraction of sp³-hybridized carbons (Fsp3) is 0.320. The highest BCUT2D eigenvalue weighted by atomic mass is 16.6. The van der Waals surface area contributed by atoms with Crippen LogP contribution in [0, 0.1) is 6.92 Å². The number of amides is 1. The van der Waals surface area contributed by atoms with E-state index in [1.807, 2.05) is 67.6 Å². The molecule has 7 nitrogen and oxygen atoms in total. The third-order valence-corrected chi connectivity index (χ3v) is 5.37. The van der Waals surface area contributed by atoms with E-state index in [9.17, 15) is 4.79 Å². The Kier molecular flexibility index (Phi) is 7.30. The molecular formula is C25H28N4O3. The van der Waals surface area contributed by atoms with Crippen LogP contribution < -0.4 is 9.47 Å². The van der Waals surface area contributed by atoms with E-state index >= 15 is 0 Å². The second-order valence-electron chi connectivity index (χ2n) is 7.81. The molecule has 1 aliphatic heterocycles. The van der Waals surface area contributed by atoms with Gasteiger partial charge in [0.15, 0.2) is 0 Å². The summed E-state index contributed by atoms with van der Waals surface area (Å²) < 4.78 is 11.2. The number of hydrogen-bond acceptors (Lipinski definition) is 6. The molecule has 32 heavy (non-hydrogen) atoms. The largest absolute Gasteiger partial charge is 0.477 e. The lowest BCUT2D eigenvalue weighted by molar-refractivity contribution is 0.107. The van der Waals surface area contributed by atoms with Gasteiger partial charge in [0, 0.05) is 57.1 Å². The normalized spacial score (nSPS) is 14.2. The Morgan fingerprint density at radius 2 is 1.78 bits per heavy atom. The molecule has 0 bridgehead atoms. The predicted molar refractivity (Wildman–Crippen MR) is 122 cm³/mol. The minimum atomic E-state index is -0.301. The Morgan fingerprint density at radius 1 is 0.969 bits per heavy atom. The van der Waals surface area contributed by atoms with Gasteiger partial charge in [0.05, 0.1) is 12.3 Å². The summed E-state index contributed by atoms with van der Waals surface area (Å²) in [5.41, 5.74) is 3.20. The molecule has 2 aromatic heterocycles. The molecular weight excluding hydrogens is 404 g/mol. The fourth-order valence-electron chi connectivity index (χ4n) is 3.60. The van der Waals surface area contributed by atoms with Gasteiger partial charge in [0.1, 0.15) is 5.75 Å². The van der Waals surface area contributed by atoms with E-state index in [2.05, 4.69) is 14.9 Å².